The molecule has 0 radical (unpaired) electrons. The van der Waals surface area contributed by atoms with Crippen molar-refractivity contribution in [2.45, 2.75) is 25.2 Å². The molecule has 0 heterocycles. The Morgan fingerprint density at radius 2 is 0.676 bits per heavy atom. The van der Waals surface area contributed by atoms with Crippen molar-refractivity contribution < 1.29 is 14.2 Å². The van der Waals surface area contributed by atoms with Gasteiger partial charge in [-0.15, -0.1) is 0 Å². The van der Waals surface area contributed by atoms with Crippen molar-refractivity contribution in [2.75, 3.05) is 19.8 Å². The van der Waals surface area contributed by atoms with E-state index in [-0.39, 0.29) is 0 Å². The summed E-state index contributed by atoms with van der Waals surface area (Å²) in [6.45, 7) is 1.45. The molecule has 0 bridgehead atoms. The van der Waals surface area contributed by atoms with Gasteiger partial charge in [0.1, 0.15) is 0 Å². The second kappa shape index (κ2) is 12.9. The first-order valence-corrected chi connectivity index (χ1v) is 11.9. The summed E-state index contributed by atoms with van der Waals surface area (Å²) in [5.74, 6) is -1.26. The lowest BCUT2D eigenvalue weighted by Crippen LogP contribution is -2.38. The summed E-state index contributed by atoms with van der Waals surface area (Å²) in [6.07, 6.45) is 2.33. The van der Waals surface area contributed by atoms with E-state index in [0.717, 1.165) is 24.8 Å². The molecule has 0 atom stereocenters. The zero-order valence-corrected chi connectivity index (χ0v) is 19.5. The van der Waals surface area contributed by atoms with Crippen LogP contribution in [0.5, 0.6) is 0 Å². The van der Waals surface area contributed by atoms with Crippen LogP contribution in [0.4, 0.5) is 0 Å². The lowest BCUT2D eigenvalue weighted by molar-refractivity contribution is -0.392. The number of benzene rings is 4. The number of hydrogen-bond acceptors (Lipinski definition) is 3. The van der Waals surface area contributed by atoms with Gasteiger partial charge in [-0.3, -0.25) is 0 Å². The average Bonchev–Trinajstić information content (AvgIpc) is 2.91. The molecule has 0 aliphatic heterocycles. The second-order valence-corrected chi connectivity index (χ2v) is 8.17. The Labute approximate surface area is 202 Å². The van der Waals surface area contributed by atoms with Gasteiger partial charge in [-0.25, -0.2) is 0 Å². The van der Waals surface area contributed by atoms with Gasteiger partial charge in [0.2, 0.25) is 0 Å². The Kier molecular flexibility index (Phi) is 9.04. The standard InChI is InChI=1S/C31H32O3/c1-5-13-27(14-6-1)21-24-32-31(30-19-11-4-12-20-30,33-25-22-28-15-7-2-8-16-28)34-26-23-29-17-9-3-10-18-29/h1-20H,21-26H2. The fraction of sp³-hybridized carbons (Fsp3) is 0.226. The molecule has 3 nitrogen and oxygen atoms in total. The Morgan fingerprint density at radius 1 is 0.382 bits per heavy atom. The summed E-state index contributed by atoms with van der Waals surface area (Å²) in [5, 5.41) is 0. The van der Waals surface area contributed by atoms with Gasteiger partial charge in [-0.2, -0.15) is 0 Å². The fourth-order valence-corrected chi connectivity index (χ4v) is 3.86. The van der Waals surface area contributed by atoms with Gasteiger partial charge < -0.3 is 14.2 Å². The van der Waals surface area contributed by atoms with Crippen molar-refractivity contribution in [3.8, 4) is 0 Å². The van der Waals surface area contributed by atoms with E-state index < -0.39 is 5.97 Å². The van der Waals surface area contributed by atoms with E-state index in [1.54, 1.807) is 0 Å². The zero-order chi connectivity index (χ0) is 23.3. The van der Waals surface area contributed by atoms with Crippen LogP contribution in [0.2, 0.25) is 0 Å². The zero-order valence-electron chi connectivity index (χ0n) is 19.5. The molecule has 0 aliphatic carbocycles. The van der Waals surface area contributed by atoms with E-state index in [0.29, 0.717) is 19.8 Å². The van der Waals surface area contributed by atoms with Crippen LogP contribution in [0.3, 0.4) is 0 Å². The fourth-order valence-electron chi connectivity index (χ4n) is 3.86. The van der Waals surface area contributed by atoms with Crippen molar-refractivity contribution >= 4 is 0 Å². The van der Waals surface area contributed by atoms with Crippen LogP contribution in [0.25, 0.3) is 0 Å². The van der Waals surface area contributed by atoms with Gasteiger partial charge in [0, 0.05) is 5.56 Å². The molecular weight excluding hydrogens is 420 g/mol. The molecule has 0 N–H and O–H groups in total. The van der Waals surface area contributed by atoms with Gasteiger partial charge in [-0.05, 0) is 36.0 Å². The summed E-state index contributed by atoms with van der Waals surface area (Å²) in [4.78, 5) is 0. The summed E-state index contributed by atoms with van der Waals surface area (Å²) in [7, 11) is 0. The van der Waals surface area contributed by atoms with Crippen LogP contribution >= 0.6 is 0 Å². The molecule has 34 heavy (non-hydrogen) atoms. The van der Waals surface area contributed by atoms with Crippen molar-refractivity contribution in [1.29, 1.82) is 0 Å². The summed E-state index contributed by atoms with van der Waals surface area (Å²) in [5.41, 5.74) is 4.53. The highest BCUT2D eigenvalue weighted by molar-refractivity contribution is 5.20. The lowest BCUT2D eigenvalue weighted by Gasteiger charge is -2.34. The third-order valence-corrected chi connectivity index (χ3v) is 5.70. The highest BCUT2D eigenvalue weighted by Crippen LogP contribution is 2.30. The lowest BCUT2D eigenvalue weighted by atomic mass is 10.1. The highest BCUT2D eigenvalue weighted by Gasteiger charge is 2.36. The first-order valence-electron chi connectivity index (χ1n) is 11.9. The predicted molar refractivity (Wildman–Crippen MR) is 136 cm³/mol. The third-order valence-electron chi connectivity index (χ3n) is 5.70. The Balaban J connectivity index is 1.50. The van der Waals surface area contributed by atoms with E-state index in [2.05, 4.69) is 36.4 Å². The van der Waals surface area contributed by atoms with Gasteiger partial charge >= 0.3 is 5.97 Å². The van der Waals surface area contributed by atoms with Gasteiger partial charge in [0.15, 0.2) is 0 Å². The summed E-state index contributed by atoms with van der Waals surface area (Å²) >= 11 is 0. The molecular formula is C31H32O3. The maximum atomic E-state index is 6.45. The Morgan fingerprint density at radius 3 is 1.00 bits per heavy atom. The topological polar surface area (TPSA) is 27.7 Å². The van der Waals surface area contributed by atoms with Crippen molar-refractivity contribution in [1.82, 2.24) is 0 Å². The predicted octanol–water partition coefficient (Wildman–Crippen LogP) is 6.57. The molecule has 0 saturated heterocycles. The van der Waals surface area contributed by atoms with Crippen LogP contribution in [0, 0.1) is 0 Å². The van der Waals surface area contributed by atoms with Crippen LogP contribution in [-0.2, 0) is 39.4 Å². The van der Waals surface area contributed by atoms with E-state index >= 15 is 0 Å². The largest absolute Gasteiger partial charge is 0.323 e. The maximum absolute atomic E-state index is 6.45. The molecule has 3 heteroatoms. The molecule has 4 aromatic carbocycles. The second-order valence-electron chi connectivity index (χ2n) is 8.17. The molecule has 0 unspecified atom stereocenters. The molecule has 0 aromatic heterocycles. The molecule has 4 aromatic rings. The smallest absolute Gasteiger partial charge is 0.312 e. The van der Waals surface area contributed by atoms with E-state index in [1.165, 1.54) is 16.7 Å². The Hall–Kier alpha value is -3.24. The first kappa shape index (κ1) is 23.9. The molecule has 0 amide bonds. The van der Waals surface area contributed by atoms with Crippen LogP contribution in [-0.4, -0.2) is 19.8 Å². The van der Waals surface area contributed by atoms with Crippen LogP contribution in [0.1, 0.15) is 22.3 Å². The first-order chi connectivity index (χ1) is 16.8. The van der Waals surface area contributed by atoms with Crippen molar-refractivity contribution in [3.63, 3.8) is 0 Å². The summed E-state index contributed by atoms with van der Waals surface area (Å²) in [6, 6.07) is 41.0. The minimum absolute atomic E-state index is 0.482. The molecule has 174 valence electrons. The molecule has 0 spiro atoms. The number of ether oxygens (including phenoxy) is 3. The highest BCUT2D eigenvalue weighted by atomic mass is 16.9. The van der Waals surface area contributed by atoms with Crippen molar-refractivity contribution in [2.24, 2.45) is 0 Å². The van der Waals surface area contributed by atoms with Gasteiger partial charge in [0.25, 0.3) is 0 Å². The average molecular weight is 453 g/mol. The monoisotopic (exact) mass is 452 g/mol. The van der Waals surface area contributed by atoms with Crippen molar-refractivity contribution in [3.05, 3.63) is 144 Å². The van der Waals surface area contributed by atoms with Crippen LogP contribution in [0.15, 0.2) is 121 Å². The molecule has 0 fully saturated rings. The SMILES string of the molecule is c1ccc(CCOC(OCCc2ccccc2)(OCCc2ccccc2)c2ccccc2)cc1. The van der Waals surface area contributed by atoms with Crippen LogP contribution < -0.4 is 0 Å². The summed E-state index contributed by atoms with van der Waals surface area (Å²) < 4.78 is 19.4. The maximum Gasteiger partial charge on any atom is 0.312 e. The number of hydrogen-bond donors (Lipinski definition) is 0. The molecule has 0 aliphatic rings. The normalized spacial score (nSPS) is 11.4. The quantitative estimate of drug-likeness (QED) is 0.215. The van der Waals surface area contributed by atoms with Gasteiger partial charge in [0.05, 0.1) is 19.8 Å². The minimum Gasteiger partial charge on any atom is -0.323 e. The Bertz CT molecular complexity index is 956. The van der Waals surface area contributed by atoms with E-state index in [9.17, 15) is 0 Å². The van der Waals surface area contributed by atoms with Gasteiger partial charge in [-0.1, -0.05) is 121 Å². The molecule has 0 saturated carbocycles. The van der Waals surface area contributed by atoms with E-state index in [1.807, 2.05) is 84.9 Å². The molecule has 4 rings (SSSR count). The van der Waals surface area contributed by atoms with E-state index in [4.69, 9.17) is 14.2 Å². The third kappa shape index (κ3) is 7.13. The minimum atomic E-state index is -1.26. The number of rotatable bonds is 13.